The first kappa shape index (κ1) is 28.5. The fourth-order valence-corrected chi connectivity index (χ4v) is 6.48. The quantitative estimate of drug-likeness (QED) is 0.181. The van der Waals surface area contributed by atoms with Crippen molar-refractivity contribution in [3.8, 4) is 0 Å². The molecule has 1 saturated heterocycles. The van der Waals surface area contributed by atoms with Crippen molar-refractivity contribution in [2.24, 2.45) is 0 Å². The summed E-state index contributed by atoms with van der Waals surface area (Å²) in [7, 11) is -1.67. The van der Waals surface area contributed by atoms with Crippen molar-refractivity contribution in [3.05, 3.63) is 109 Å². The van der Waals surface area contributed by atoms with Gasteiger partial charge < -0.3 is 29.6 Å². The molecule has 44 heavy (non-hydrogen) atoms. The second kappa shape index (κ2) is 12.0. The number of aliphatic hydroxyl groups is 2. The van der Waals surface area contributed by atoms with Gasteiger partial charge in [0.15, 0.2) is 0 Å². The van der Waals surface area contributed by atoms with Gasteiger partial charge in [0.1, 0.15) is 0 Å². The fourth-order valence-electron chi connectivity index (χ4n) is 6.48. The van der Waals surface area contributed by atoms with Crippen molar-refractivity contribution < 1.29 is 29.6 Å². The van der Waals surface area contributed by atoms with Gasteiger partial charge in [0.2, 0.25) is 0 Å². The molecule has 8 heteroatoms. The predicted octanol–water partition coefficient (Wildman–Crippen LogP) is 4.56. The minimum absolute atomic E-state index is 0.125. The number of rotatable bonds is 3. The van der Waals surface area contributed by atoms with Crippen LogP contribution in [0.2, 0.25) is 0 Å². The first-order chi connectivity index (χ1) is 21.6. The van der Waals surface area contributed by atoms with E-state index in [9.17, 15) is 10.0 Å². The molecule has 0 unspecified atom stereocenters. The second-order valence-electron chi connectivity index (χ2n) is 10.9. The highest BCUT2D eigenvalue weighted by Crippen LogP contribution is 2.35. The van der Waals surface area contributed by atoms with Crippen LogP contribution in [-0.2, 0) is 9.31 Å². The van der Waals surface area contributed by atoms with Crippen LogP contribution in [0.25, 0.3) is 64.6 Å². The Morgan fingerprint density at radius 2 is 0.909 bits per heavy atom. The Balaban J connectivity index is 0.000000128. The Morgan fingerprint density at radius 1 is 0.500 bits per heavy atom. The summed E-state index contributed by atoms with van der Waals surface area (Å²) in [4.78, 5) is 0. The molecular weight excluding hydrogens is 550 g/mol. The molecule has 0 radical (unpaired) electrons. The van der Waals surface area contributed by atoms with Crippen molar-refractivity contribution in [3.63, 3.8) is 0 Å². The predicted molar refractivity (Wildman–Crippen MR) is 182 cm³/mol. The van der Waals surface area contributed by atoms with E-state index in [0.717, 1.165) is 21.6 Å². The van der Waals surface area contributed by atoms with E-state index in [2.05, 4.69) is 78.9 Å². The Morgan fingerprint density at radius 3 is 1.41 bits per heavy atom. The van der Waals surface area contributed by atoms with Gasteiger partial charge in [-0.3, -0.25) is 0 Å². The van der Waals surface area contributed by atoms with E-state index in [1.807, 2.05) is 24.3 Å². The monoisotopic (exact) mass is 580 g/mol. The SMILES string of the molecule is OB(O)c1ccc2ccc3cccc4ccc1c2c34.OCCO.c1cc2ccc3ccc(B4OCCO4)c4ccc(c1)c2c34. The van der Waals surface area contributed by atoms with Crippen LogP contribution in [0.15, 0.2) is 109 Å². The summed E-state index contributed by atoms with van der Waals surface area (Å²) in [6.45, 7) is 1.10. The molecular formula is C36H30B2O6. The topological polar surface area (TPSA) is 99.4 Å². The van der Waals surface area contributed by atoms with Crippen molar-refractivity contribution in [1.82, 2.24) is 0 Å². The third-order valence-corrected chi connectivity index (χ3v) is 8.38. The number of aliphatic hydroxyl groups excluding tert-OH is 2. The average molecular weight is 580 g/mol. The van der Waals surface area contributed by atoms with E-state index >= 15 is 0 Å². The number of hydrogen-bond acceptors (Lipinski definition) is 6. The largest absolute Gasteiger partial charge is 0.494 e. The van der Waals surface area contributed by atoms with E-state index < -0.39 is 7.12 Å². The van der Waals surface area contributed by atoms with Crippen LogP contribution in [0.5, 0.6) is 0 Å². The van der Waals surface area contributed by atoms with Crippen LogP contribution in [0.4, 0.5) is 0 Å². The zero-order valence-corrected chi connectivity index (χ0v) is 24.0. The van der Waals surface area contributed by atoms with Gasteiger partial charge in [-0.1, -0.05) is 109 Å². The highest BCUT2D eigenvalue weighted by molar-refractivity contribution is 6.65. The molecule has 1 heterocycles. The lowest BCUT2D eigenvalue weighted by Crippen LogP contribution is -2.32. The van der Waals surface area contributed by atoms with Crippen molar-refractivity contribution in [2.45, 2.75) is 0 Å². The molecule has 9 rings (SSSR count). The van der Waals surface area contributed by atoms with Gasteiger partial charge >= 0.3 is 14.2 Å². The van der Waals surface area contributed by atoms with E-state index in [1.54, 1.807) is 6.07 Å². The maximum absolute atomic E-state index is 9.51. The number of hydrogen-bond donors (Lipinski definition) is 4. The summed E-state index contributed by atoms with van der Waals surface area (Å²) in [6, 6.07) is 37.7. The van der Waals surface area contributed by atoms with E-state index in [1.165, 1.54) is 48.5 Å². The highest BCUT2D eigenvalue weighted by Gasteiger charge is 2.28. The Kier molecular flexibility index (Phi) is 7.78. The molecule has 0 amide bonds. The smallest absolute Gasteiger partial charge is 0.423 e. The van der Waals surface area contributed by atoms with Crippen LogP contribution in [0.1, 0.15) is 0 Å². The average Bonchev–Trinajstić information content (AvgIpc) is 3.61. The maximum atomic E-state index is 9.51. The summed E-state index contributed by atoms with van der Waals surface area (Å²) >= 11 is 0. The molecule has 0 aromatic heterocycles. The summed E-state index contributed by atoms with van der Waals surface area (Å²) in [5, 5.41) is 48.7. The summed E-state index contributed by atoms with van der Waals surface area (Å²) < 4.78 is 11.4. The van der Waals surface area contributed by atoms with Crippen molar-refractivity contribution in [2.75, 3.05) is 26.4 Å². The number of benzene rings is 8. The lowest BCUT2D eigenvalue weighted by molar-refractivity contribution is 0.186. The molecule has 8 aromatic carbocycles. The standard InChI is InChI=1S/C18H13BO2.C16H11BO2.C2H6O2/c1-2-12-4-5-14-7-9-16(19-20-10-11-21-19)15-8-6-13(3-1)17(12)18(14)15;18-17(19)14-9-7-12-5-4-10-2-1-3-11-6-8-13(14)16(12)15(10)11;3-1-2-4/h1-9H,10-11H2;1-9,18-19H;3-4H,1-2H2. The Labute approximate surface area is 254 Å². The molecule has 0 aliphatic carbocycles. The van der Waals surface area contributed by atoms with E-state index in [0.29, 0.717) is 18.7 Å². The molecule has 1 aliphatic rings. The van der Waals surface area contributed by atoms with Crippen LogP contribution < -0.4 is 10.9 Å². The summed E-state index contributed by atoms with van der Waals surface area (Å²) in [5.74, 6) is 0. The minimum atomic E-state index is -1.44. The lowest BCUT2D eigenvalue weighted by Gasteiger charge is -2.14. The van der Waals surface area contributed by atoms with Gasteiger partial charge in [0.05, 0.1) is 26.4 Å². The van der Waals surface area contributed by atoms with Crippen LogP contribution >= 0.6 is 0 Å². The molecule has 0 spiro atoms. The molecule has 4 N–H and O–H groups in total. The zero-order chi connectivity index (χ0) is 30.2. The normalized spacial score (nSPS) is 13.2. The fraction of sp³-hybridized carbons (Fsp3) is 0.111. The van der Waals surface area contributed by atoms with Crippen LogP contribution in [-0.4, -0.2) is 60.9 Å². The van der Waals surface area contributed by atoms with Gasteiger partial charge in [0.25, 0.3) is 0 Å². The summed E-state index contributed by atoms with van der Waals surface area (Å²) in [6.07, 6.45) is 0. The van der Waals surface area contributed by atoms with Gasteiger partial charge in [0, 0.05) is 0 Å². The Hall–Kier alpha value is -4.27. The maximum Gasteiger partial charge on any atom is 0.494 e. The van der Waals surface area contributed by atoms with Gasteiger partial charge in [-0.2, -0.15) is 0 Å². The zero-order valence-electron chi connectivity index (χ0n) is 24.0. The van der Waals surface area contributed by atoms with Gasteiger partial charge in [-0.25, -0.2) is 0 Å². The Bertz CT molecular complexity index is 2180. The third kappa shape index (κ3) is 4.92. The van der Waals surface area contributed by atoms with Crippen molar-refractivity contribution in [1.29, 1.82) is 0 Å². The molecule has 1 aliphatic heterocycles. The van der Waals surface area contributed by atoms with Crippen LogP contribution in [0, 0.1) is 0 Å². The van der Waals surface area contributed by atoms with Crippen LogP contribution in [0.3, 0.4) is 0 Å². The molecule has 0 saturated carbocycles. The molecule has 6 nitrogen and oxygen atoms in total. The minimum Gasteiger partial charge on any atom is -0.423 e. The second-order valence-corrected chi connectivity index (χ2v) is 10.9. The molecule has 0 atom stereocenters. The summed E-state index contributed by atoms with van der Waals surface area (Å²) in [5.41, 5.74) is 1.70. The highest BCUT2D eigenvalue weighted by atomic mass is 16.6. The molecule has 1 fully saturated rings. The lowest BCUT2D eigenvalue weighted by atomic mass is 9.75. The van der Waals surface area contributed by atoms with Crippen molar-refractivity contribution >= 4 is 89.8 Å². The van der Waals surface area contributed by atoms with E-state index in [-0.39, 0.29) is 20.3 Å². The van der Waals surface area contributed by atoms with Gasteiger partial charge in [-0.15, -0.1) is 0 Å². The third-order valence-electron chi connectivity index (χ3n) is 8.38. The molecule has 8 aromatic rings. The molecule has 0 bridgehead atoms. The first-order valence-corrected chi connectivity index (χ1v) is 14.7. The van der Waals surface area contributed by atoms with Gasteiger partial charge in [-0.05, 0) is 75.6 Å². The first-order valence-electron chi connectivity index (χ1n) is 14.7. The molecule has 216 valence electrons. The van der Waals surface area contributed by atoms with E-state index in [4.69, 9.17) is 19.5 Å².